The SMILES string of the molecule is COc1cc(N=Nc2ccccc2)cc(C=Nc2ccc(C(C)C)cc2)c1O. The Morgan fingerprint density at radius 1 is 0.857 bits per heavy atom. The summed E-state index contributed by atoms with van der Waals surface area (Å²) in [7, 11) is 1.50. The molecule has 0 bridgehead atoms. The van der Waals surface area contributed by atoms with Crippen LogP contribution in [0.1, 0.15) is 30.9 Å². The van der Waals surface area contributed by atoms with E-state index in [0.29, 0.717) is 22.9 Å². The smallest absolute Gasteiger partial charge is 0.166 e. The van der Waals surface area contributed by atoms with Crippen molar-refractivity contribution in [2.24, 2.45) is 15.2 Å². The lowest BCUT2D eigenvalue weighted by atomic mass is 10.0. The molecule has 0 fully saturated rings. The number of phenolic OH excluding ortho intramolecular Hbond substituents is 1. The molecule has 5 heteroatoms. The van der Waals surface area contributed by atoms with Crippen LogP contribution in [-0.4, -0.2) is 18.4 Å². The third-order valence-corrected chi connectivity index (χ3v) is 4.26. The fraction of sp³-hybridized carbons (Fsp3) is 0.174. The van der Waals surface area contributed by atoms with E-state index in [9.17, 15) is 5.11 Å². The highest BCUT2D eigenvalue weighted by Crippen LogP contribution is 2.35. The minimum atomic E-state index is 0.0173. The summed E-state index contributed by atoms with van der Waals surface area (Å²) in [4.78, 5) is 4.46. The maximum atomic E-state index is 10.4. The van der Waals surface area contributed by atoms with Gasteiger partial charge in [0.05, 0.1) is 24.2 Å². The van der Waals surface area contributed by atoms with E-state index < -0.39 is 0 Å². The van der Waals surface area contributed by atoms with Crippen LogP contribution in [0.5, 0.6) is 11.5 Å². The Hall–Kier alpha value is -3.47. The van der Waals surface area contributed by atoms with Gasteiger partial charge in [0.2, 0.25) is 0 Å². The van der Waals surface area contributed by atoms with Crippen LogP contribution in [0.4, 0.5) is 17.1 Å². The number of hydrogen-bond acceptors (Lipinski definition) is 5. The van der Waals surface area contributed by atoms with Gasteiger partial charge in [-0.1, -0.05) is 44.2 Å². The van der Waals surface area contributed by atoms with Gasteiger partial charge in [-0.2, -0.15) is 10.2 Å². The lowest BCUT2D eigenvalue weighted by Gasteiger charge is -2.07. The van der Waals surface area contributed by atoms with Crippen molar-refractivity contribution >= 4 is 23.3 Å². The lowest BCUT2D eigenvalue weighted by Crippen LogP contribution is -1.89. The number of hydrogen-bond donors (Lipinski definition) is 1. The van der Waals surface area contributed by atoms with E-state index in [-0.39, 0.29) is 5.75 Å². The molecule has 3 rings (SSSR count). The first-order valence-corrected chi connectivity index (χ1v) is 9.08. The van der Waals surface area contributed by atoms with E-state index >= 15 is 0 Å². The molecule has 3 aromatic rings. The molecule has 0 heterocycles. The van der Waals surface area contributed by atoms with Gasteiger partial charge < -0.3 is 9.84 Å². The lowest BCUT2D eigenvalue weighted by molar-refractivity contribution is 0.373. The number of benzene rings is 3. The molecule has 0 unspecified atom stereocenters. The summed E-state index contributed by atoms with van der Waals surface area (Å²) < 4.78 is 5.26. The second kappa shape index (κ2) is 8.95. The first-order chi connectivity index (χ1) is 13.6. The van der Waals surface area contributed by atoms with Crippen molar-refractivity contribution in [1.29, 1.82) is 0 Å². The Balaban J connectivity index is 1.88. The molecule has 0 amide bonds. The third-order valence-electron chi connectivity index (χ3n) is 4.26. The zero-order valence-electron chi connectivity index (χ0n) is 16.2. The van der Waals surface area contributed by atoms with Gasteiger partial charge in [-0.05, 0) is 41.8 Å². The van der Waals surface area contributed by atoms with Crippen molar-refractivity contribution in [1.82, 2.24) is 0 Å². The summed E-state index contributed by atoms with van der Waals surface area (Å²) in [5, 5.41) is 18.9. The van der Waals surface area contributed by atoms with E-state index in [4.69, 9.17) is 4.74 Å². The molecular formula is C23H23N3O2. The van der Waals surface area contributed by atoms with Crippen molar-refractivity contribution in [3.8, 4) is 11.5 Å². The summed E-state index contributed by atoms with van der Waals surface area (Å²) in [5.74, 6) is 0.808. The van der Waals surface area contributed by atoms with Crippen molar-refractivity contribution < 1.29 is 9.84 Å². The molecule has 0 aliphatic heterocycles. The molecule has 0 saturated carbocycles. The van der Waals surface area contributed by atoms with Crippen molar-refractivity contribution in [3.05, 3.63) is 77.9 Å². The van der Waals surface area contributed by atoms with Crippen LogP contribution in [0, 0.1) is 0 Å². The summed E-state index contributed by atoms with van der Waals surface area (Å²) >= 11 is 0. The van der Waals surface area contributed by atoms with Crippen LogP contribution < -0.4 is 4.74 Å². The second-order valence-corrected chi connectivity index (χ2v) is 6.63. The predicted octanol–water partition coefficient (Wildman–Crippen LogP) is 6.69. The largest absolute Gasteiger partial charge is 0.504 e. The Bertz CT molecular complexity index is 979. The monoisotopic (exact) mass is 373 g/mol. The summed E-state index contributed by atoms with van der Waals surface area (Å²) in [6, 6.07) is 20.8. The number of rotatable bonds is 6. The zero-order chi connectivity index (χ0) is 19.9. The molecule has 142 valence electrons. The quantitative estimate of drug-likeness (QED) is 0.386. The van der Waals surface area contributed by atoms with Crippen LogP contribution in [-0.2, 0) is 0 Å². The Morgan fingerprint density at radius 3 is 2.18 bits per heavy atom. The normalized spacial score (nSPS) is 11.6. The third kappa shape index (κ3) is 4.82. The number of azo groups is 1. The molecule has 5 nitrogen and oxygen atoms in total. The number of phenols is 1. The van der Waals surface area contributed by atoms with Gasteiger partial charge >= 0.3 is 0 Å². The summed E-state index contributed by atoms with van der Waals surface area (Å²) in [6.07, 6.45) is 1.60. The molecule has 0 spiro atoms. The molecule has 1 N–H and O–H groups in total. The van der Waals surface area contributed by atoms with Gasteiger partial charge in [-0.3, -0.25) is 4.99 Å². The van der Waals surface area contributed by atoms with Crippen LogP contribution in [0.2, 0.25) is 0 Å². The van der Waals surface area contributed by atoms with Crippen LogP contribution in [0.25, 0.3) is 0 Å². The van der Waals surface area contributed by atoms with Crippen molar-refractivity contribution in [3.63, 3.8) is 0 Å². The number of ether oxygens (including phenoxy) is 1. The van der Waals surface area contributed by atoms with Crippen LogP contribution >= 0.6 is 0 Å². The Morgan fingerprint density at radius 2 is 1.54 bits per heavy atom. The second-order valence-electron chi connectivity index (χ2n) is 6.63. The molecule has 3 aromatic carbocycles. The van der Waals surface area contributed by atoms with Gasteiger partial charge in [0, 0.05) is 17.8 Å². The van der Waals surface area contributed by atoms with E-state index in [2.05, 4.69) is 41.2 Å². The zero-order valence-corrected chi connectivity index (χ0v) is 16.2. The van der Waals surface area contributed by atoms with E-state index in [1.807, 2.05) is 42.5 Å². The topological polar surface area (TPSA) is 66.5 Å². The number of aromatic hydroxyl groups is 1. The molecule has 0 aromatic heterocycles. The van der Waals surface area contributed by atoms with Crippen molar-refractivity contribution in [2.75, 3.05) is 7.11 Å². The van der Waals surface area contributed by atoms with Crippen LogP contribution in [0.3, 0.4) is 0 Å². The summed E-state index contributed by atoms with van der Waals surface area (Å²) in [5.41, 5.74) is 3.88. The Labute approximate surface area is 165 Å². The molecule has 0 radical (unpaired) electrons. The van der Waals surface area contributed by atoms with Crippen molar-refractivity contribution in [2.45, 2.75) is 19.8 Å². The number of nitrogens with zero attached hydrogens (tertiary/aromatic N) is 3. The average Bonchev–Trinajstić information content (AvgIpc) is 2.73. The maximum Gasteiger partial charge on any atom is 0.166 e. The maximum absolute atomic E-state index is 10.4. The fourth-order valence-electron chi connectivity index (χ4n) is 2.63. The molecule has 0 atom stereocenters. The standard InChI is InChI=1S/C23H23N3O2/c1-16(2)17-9-11-19(12-10-17)24-15-18-13-21(14-22(28-3)23(18)27)26-25-20-7-5-4-6-8-20/h4-16,27H,1-3H3. The highest BCUT2D eigenvalue weighted by atomic mass is 16.5. The minimum Gasteiger partial charge on any atom is -0.504 e. The van der Waals surface area contributed by atoms with E-state index in [0.717, 1.165) is 11.4 Å². The predicted molar refractivity (Wildman–Crippen MR) is 113 cm³/mol. The molecule has 28 heavy (non-hydrogen) atoms. The van der Waals surface area contributed by atoms with Crippen LogP contribution in [0.15, 0.2) is 82.0 Å². The molecular weight excluding hydrogens is 350 g/mol. The molecule has 0 saturated heterocycles. The highest BCUT2D eigenvalue weighted by Gasteiger charge is 2.09. The highest BCUT2D eigenvalue weighted by molar-refractivity contribution is 5.88. The summed E-state index contributed by atoms with van der Waals surface area (Å²) in [6.45, 7) is 4.30. The van der Waals surface area contributed by atoms with Gasteiger partial charge in [-0.15, -0.1) is 0 Å². The van der Waals surface area contributed by atoms with Gasteiger partial charge in [-0.25, -0.2) is 0 Å². The first kappa shape index (κ1) is 19.3. The number of methoxy groups -OCH3 is 1. The minimum absolute atomic E-state index is 0.0173. The van der Waals surface area contributed by atoms with Gasteiger partial charge in [0.1, 0.15) is 0 Å². The molecule has 0 aliphatic carbocycles. The van der Waals surface area contributed by atoms with Gasteiger partial charge in [0.15, 0.2) is 11.5 Å². The first-order valence-electron chi connectivity index (χ1n) is 9.08. The van der Waals surface area contributed by atoms with E-state index in [1.165, 1.54) is 12.7 Å². The molecule has 0 aliphatic rings. The number of aliphatic imine (C=N–C) groups is 1. The fourth-order valence-corrected chi connectivity index (χ4v) is 2.63. The Kier molecular flexibility index (Phi) is 6.17. The van der Waals surface area contributed by atoms with E-state index in [1.54, 1.807) is 18.3 Å². The van der Waals surface area contributed by atoms with Gasteiger partial charge in [0.25, 0.3) is 0 Å². The average molecular weight is 373 g/mol.